The maximum atomic E-state index is 12.4. The van der Waals surface area contributed by atoms with E-state index in [4.69, 9.17) is 4.42 Å². The summed E-state index contributed by atoms with van der Waals surface area (Å²) in [6.45, 7) is 8.53. The molecule has 0 spiro atoms. The Morgan fingerprint density at radius 1 is 1.43 bits per heavy atom. The Bertz CT molecular complexity index is 744. The van der Waals surface area contributed by atoms with E-state index in [0.29, 0.717) is 36.0 Å². The van der Waals surface area contributed by atoms with Crippen molar-refractivity contribution in [3.63, 3.8) is 0 Å². The first-order valence-corrected chi connectivity index (χ1v) is 7.89. The first kappa shape index (κ1) is 17.0. The van der Waals surface area contributed by atoms with Crippen molar-refractivity contribution in [3.05, 3.63) is 45.6 Å². The average Bonchev–Trinajstić information content (AvgIpc) is 2.91. The summed E-state index contributed by atoms with van der Waals surface area (Å²) in [5.41, 5.74) is 0.0750. The molecule has 2 aromatic heterocycles. The second-order valence-corrected chi connectivity index (χ2v) is 5.98. The van der Waals surface area contributed by atoms with Gasteiger partial charge in [-0.3, -0.25) is 4.79 Å². The molecular weight excluding hydrogens is 294 g/mol. The quantitative estimate of drug-likeness (QED) is 0.888. The van der Waals surface area contributed by atoms with E-state index in [2.05, 4.69) is 24.3 Å². The zero-order chi connectivity index (χ0) is 17.0. The monoisotopic (exact) mass is 317 g/mol. The average molecular weight is 317 g/mol. The number of carbonyl (C=O) groups excluding carboxylic acids is 1. The minimum atomic E-state index is -0.594. The fraction of sp³-hybridized carbons (Fsp3) is 0.471. The van der Waals surface area contributed by atoms with Crippen LogP contribution in [0.4, 0.5) is 5.82 Å². The van der Waals surface area contributed by atoms with Crippen molar-refractivity contribution in [1.82, 2.24) is 9.78 Å². The fourth-order valence-corrected chi connectivity index (χ4v) is 2.37. The molecule has 0 aliphatic heterocycles. The molecular formula is C17H23N3O3. The number of aromatic nitrogens is 2. The number of anilines is 1. The van der Waals surface area contributed by atoms with E-state index in [1.54, 1.807) is 29.9 Å². The molecule has 1 amide bonds. The maximum Gasteiger partial charge on any atom is 0.349 e. The van der Waals surface area contributed by atoms with Crippen LogP contribution >= 0.6 is 0 Å². The Morgan fingerprint density at radius 3 is 2.78 bits per heavy atom. The number of rotatable bonds is 6. The van der Waals surface area contributed by atoms with Gasteiger partial charge in [-0.15, -0.1) is 0 Å². The molecule has 0 radical (unpaired) electrons. The van der Waals surface area contributed by atoms with Gasteiger partial charge < -0.3 is 9.73 Å². The summed E-state index contributed by atoms with van der Waals surface area (Å²) >= 11 is 0. The van der Waals surface area contributed by atoms with E-state index in [1.165, 1.54) is 0 Å². The molecule has 124 valence electrons. The summed E-state index contributed by atoms with van der Waals surface area (Å²) in [6, 6.07) is 3.46. The molecule has 6 heteroatoms. The molecule has 2 heterocycles. The van der Waals surface area contributed by atoms with Crippen molar-refractivity contribution in [2.45, 2.75) is 47.1 Å². The second kappa shape index (κ2) is 7.26. The smallest absolute Gasteiger partial charge is 0.349 e. The van der Waals surface area contributed by atoms with Crippen molar-refractivity contribution in [2.24, 2.45) is 5.92 Å². The third-order valence-electron chi connectivity index (χ3n) is 3.65. The minimum absolute atomic E-state index is 0.0437. The largest absolute Gasteiger partial charge is 0.427 e. The van der Waals surface area contributed by atoms with Crippen LogP contribution < -0.4 is 10.9 Å². The number of hydrogen-bond acceptors (Lipinski definition) is 4. The summed E-state index contributed by atoms with van der Waals surface area (Å²) in [4.78, 5) is 24.6. The normalized spacial score (nSPS) is 11.0. The third-order valence-corrected chi connectivity index (χ3v) is 3.65. The van der Waals surface area contributed by atoms with Gasteiger partial charge in [0.05, 0.1) is 6.20 Å². The van der Waals surface area contributed by atoms with Gasteiger partial charge in [-0.2, -0.15) is 5.10 Å². The highest BCUT2D eigenvalue weighted by molar-refractivity contribution is 6.04. The second-order valence-electron chi connectivity index (χ2n) is 5.98. The van der Waals surface area contributed by atoms with E-state index in [-0.39, 0.29) is 5.56 Å². The molecule has 0 unspecified atom stereocenters. The number of amides is 1. The Kier molecular flexibility index (Phi) is 5.36. The maximum absolute atomic E-state index is 12.4. The van der Waals surface area contributed by atoms with Gasteiger partial charge in [-0.05, 0) is 37.8 Å². The molecule has 1 N–H and O–H groups in total. The molecule has 2 rings (SSSR count). The van der Waals surface area contributed by atoms with Crippen LogP contribution in [0.15, 0.2) is 27.5 Å². The first-order valence-electron chi connectivity index (χ1n) is 7.89. The standard InChI is InChI=1S/C17H23N3O3/c1-5-20-14(8-9-18-20)19-16(21)15-12(4)10-13(23-17(15)22)7-6-11(2)3/h8-11H,5-7H2,1-4H3,(H,19,21). The van der Waals surface area contributed by atoms with E-state index >= 15 is 0 Å². The molecule has 23 heavy (non-hydrogen) atoms. The van der Waals surface area contributed by atoms with Crippen molar-refractivity contribution in [2.75, 3.05) is 5.32 Å². The van der Waals surface area contributed by atoms with Crippen LogP contribution in [0.25, 0.3) is 0 Å². The number of carbonyl (C=O) groups is 1. The molecule has 0 saturated carbocycles. The van der Waals surface area contributed by atoms with E-state index in [1.807, 2.05) is 6.92 Å². The number of nitrogens with zero attached hydrogens (tertiary/aromatic N) is 2. The van der Waals surface area contributed by atoms with Crippen LogP contribution in [0.2, 0.25) is 0 Å². The third kappa shape index (κ3) is 4.09. The van der Waals surface area contributed by atoms with Gasteiger partial charge in [-0.1, -0.05) is 13.8 Å². The number of hydrogen-bond donors (Lipinski definition) is 1. The van der Waals surface area contributed by atoms with Crippen molar-refractivity contribution in [1.29, 1.82) is 0 Å². The molecule has 2 aromatic rings. The lowest BCUT2D eigenvalue weighted by Gasteiger charge is -2.09. The van der Waals surface area contributed by atoms with E-state index < -0.39 is 11.5 Å². The van der Waals surface area contributed by atoms with Gasteiger partial charge in [-0.25, -0.2) is 9.48 Å². The van der Waals surface area contributed by atoms with Crippen LogP contribution in [-0.4, -0.2) is 15.7 Å². The van der Waals surface area contributed by atoms with Crippen LogP contribution in [0.1, 0.15) is 48.9 Å². The summed E-state index contributed by atoms with van der Waals surface area (Å²) in [5, 5.41) is 6.79. The van der Waals surface area contributed by atoms with Gasteiger partial charge >= 0.3 is 5.63 Å². The zero-order valence-electron chi connectivity index (χ0n) is 14.0. The lowest BCUT2D eigenvalue weighted by molar-refractivity contribution is 0.102. The Morgan fingerprint density at radius 2 is 2.17 bits per heavy atom. The van der Waals surface area contributed by atoms with E-state index in [9.17, 15) is 9.59 Å². The van der Waals surface area contributed by atoms with Gasteiger partial charge in [0.2, 0.25) is 0 Å². The number of aryl methyl sites for hydroxylation is 3. The molecule has 0 atom stereocenters. The van der Waals surface area contributed by atoms with Crippen LogP contribution in [0.5, 0.6) is 0 Å². The summed E-state index contributed by atoms with van der Waals surface area (Å²) in [5.74, 6) is 1.23. The molecule has 0 bridgehead atoms. The molecule has 0 saturated heterocycles. The lowest BCUT2D eigenvalue weighted by atomic mass is 10.0. The van der Waals surface area contributed by atoms with Crippen molar-refractivity contribution >= 4 is 11.7 Å². The van der Waals surface area contributed by atoms with Gasteiger partial charge in [0, 0.05) is 19.0 Å². The Balaban J connectivity index is 2.22. The Labute approximate surface area is 135 Å². The Hall–Kier alpha value is -2.37. The minimum Gasteiger partial charge on any atom is -0.427 e. The highest BCUT2D eigenvalue weighted by Gasteiger charge is 2.18. The molecule has 6 nitrogen and oxygen atoms in total. The fourth-order valence-electron chi connectivity index (χ4n) is 2.37. The molecule has 0 aliphatic carbocycles. The molecule has 0 aromatic carbocycles. The zero-order valence-corrected chi connectivity index (χ0v) is 14.0. The lowest BCUT2D eigenvalue weighted by Crippen LogP contribution is -2.24. The number of nitrogens with one attached hydrogen (secondary N) is 1. The summed E-state index contributed by atoms with van der Waals surface area (Å²) in [6.07, 6.45) is 3.23. The van der Waals surface area contributed by atoms with Crippen LogP contribution in [-0.2, 0) is 13.0 Å². The summed E-state index contributed by atoms with van der Waals surface area (Å²) < 4.78 is 6.94. The first-order chi connectivity index (χ1) is 10.9. The predicted molar refractivity (Wildman–Crippen MR) is 88.7 cm³/mol. The highest BCUT2D eigenvalue weighted by Crippen LogP contribution is 2.13. The SMILES string of the molecule is CCn1nccc1NC(=O)c1c(C)cc(CCC(C)C)oc1=O. The topological polar surface area (TPSA) is 77.1 Å². The van der Waals surface area contributed by atoms with Gasteiger partial charge in [0.1, 0.15) is 17.1 Å². The van der Waals surface area contributed by atoms with Gasteiger partial charge in [0.15, 0.2) is 0 Å². The highest BCUT2D eigenvalue weighted by atomic mass is 16.4. The van der Waals surface area contributed by atoms with Gasteiger partial charge in [0.25, 0.3) is 5.91 Å². The van der Waals surface area contributed by atoms with E-state index in [0.717, 1.165) is 6.42 Å². The van der Waals surface area contributed by atoms with Crippen molar-refractivity contribution in [3.8, 4) is 0 Å². The summed E-state index contributed by atoms with van der Waals surface area (Å²) in [7, 11) is 0. The predicted octanol–water partition coefficient (Wildman–Crippen LogP) is 3.01. The van der Waals surface area contributed by atoms with Crippen LogP contribution in [0.3, 0.4) is 0 Å². The van der Waals surface area contributed by atoms with Crippen LogP contribution in [0, 0.1) is 12.8 Å². The van der Waals surface area contributed by atoms with Crippen molar-refractivity contribution < 1.29 is 9.21 Å². The molecule has 0 aliphatic rings. The molecule has 0 fully saturated rings.